The number of hydrogen-bond acceptors (Lipinski definition) is 5. The predicted molar refractivity (Wildman–Crippen MR) is 114 cm³/mol. The van der Waals surface area contributed by atoms with Crippen molar-refractivity contribution in [2.24, 2.45) is 0 Å². The van der Waals surface area contributed by atoms with Gasteiger partial charge in [0.1, 0.15) is 12.7 Å². The molecule has 0 aliphatic heterocycles. The third-order valence-corrected chi connectivity index (χ3v) is 3.91. The molecule has 0 amide bonds. The molecular weight excluding hydrogens is 356 g/mol. The molecule has 0 unspecified atom stereocenters. The molecular formula is C23H38O5. The molecule has 160 valence electrons. The number of aliphatic hydroxyl groups excluding tert-OH is 3. The highest BCUT2D eigenvalue weighted by molar-refractivity contribution is 5.69. The first-order valence-electron chi connectivity index (χ1n) is 10.4. The molecule has 0 aromatic rings. The predicted octanol–water partition coefficient (Wildman–Crippen LogP) is 4.00. The van der Waals surface area contributed by atoms with Gasteiger partial charge in [0.25, 0.3) is 0 Å². The van der Waals surface area contributed by atoms with Crippen LogP contribution in [-0.2, 0) is 9.53 Å². The molecule has 0 spiro atoms. The van der Waals surface area contributed by atoms with Crippen LogP contribution in [0.2, 0.25) is 0 Å². The number of carbonyl (C=O) groups is 1. The zero-order chi connectivity index (χ0) is 20.7. The second-order valence-corrected chi connectivity index (χ2v) is 6.58. The highest BCUT2D eigenvalue weighted by Crippen LogP contribution is 2.02. The van der Waals surface area contributed by atoms with Crippen molar-refractivity contribution in [3.8, 4) is 0 Å². The zero-order valence-electron chi connectivity index (χ0n) is 17.0. The van der Waals surface area contributed by atoms with Gasteiger partial charge in [0, 0.05) is 13.0 Å². The lowest BCUT2D eigenvalue weighted by atomic mass is 10.2. The Labute approximate surface area is 170 Å². The normalized spacial score (nSPS) is 13.4. The fourth-order valence-corrected chi connectivity index (χ4v) is 2.28. The van der Waals surface area contributed by atoms with E-state index >= 15 is 0 Å². The van der Waals surface area contributed by atoms with E-state index in [0.29, 0.717) is 19.4 Å². The van der Waals surface area contributed by atoms with Gasteiger partial charge < -0.3 is 20.1 Å². The summed E-state index contributed by atoms with van der Waals surface area (Å²) in [5.74, 6) is -0.343. The second kappa shape index (κ2) is 21.6. The first kappa shape index (κ1) is 26.3. The first-order valence-corrected chi connectivity index (χ1v) is 10.4. The van der Waals surface area contributed by atoms with Crippen LogP contribution < -0.4 is 0 Å². The summed E-state index contributed by atoms with van der Waals surface area (Å²) in [5, 5.41) is 26.4. The van der Waals surface area contributed by atoms with Gasteiger partial charge in [0.05, 0.1) is 6.61 Å². The van der Waals surface area contributed by atoms with Crippen LogP contribution in [0.25, 0.3) is 0 Å². The third kappa shape index (κ3) is 20.6. The van der Waals surface area contributed by atoms with E-state index in [1.54, 1.807) is 0 Å². The molecule has 28 heavy (non-hydrogen) atoms. The Morgan fingerprint density at radius 3 is 1.82 bits per heavy atom. The number of ether oxygens (including phenoxy) is 1. The van der Waals surface area contributed by atoms with Crippen molar-refractivity contribution < 1.29 is 24.9 Å². The highest BCUT2D eigenvalue weighted by atomic mass is 16.5. The molecule has 3 N–H and O–H groups in total. The SMILES string of the molecule is O=C(CCC/C=C\C/C=C\C/C=C\C/C=C\CCCCCO)OC[C@@H](O)CO. The number of rotatable bonds is 18. The number of aliphatic hydroxyl groups is 3. The molecule has 0 fully saturated rings. The van der Waals surface area contributed by atoms with Crippen LogP contribution in [0, 0.1) is 0 Å². The summed E-state index contributed by atoms with van der Waals surface area (Å²) in [7, 11) is 0. The van der Waals surface area contributed by atoms with E-state index in [1.165, 1.54) is 0 Å². The molecule has 0 rings (SSSR count). The average molecular weight is 395 g/mol. The largest absolute Gasteiger partial charge is 0.463 e. The Balaban J connectivity index is 3.49. The van der Waals surface area contributed by atoms with E-state index in [1.807, 2.05) is 0 Å². The number of esters is 1. The number of hydrogen-bond donors (Lipinski definition) is 3. The van der Waals surface area contributed by atoms with E-state index in [9.17, 15) is 4.79 Å². The quantitative estimate of drug-likeness (QED) is 0.186. The molecule has 0 saturated heterocycles. The lowest BCUT2D eigenvalue weighted by molar-refractivity contribution is -0.147. The Bertz CT molecular complexity index is 466. The molecule has 0 aromatic carbocycles. The summed E-state index contributed by atoms with van der Waals surface area (Å²) in [4.78, 5) is 11.4. The van der Waals surface area contributed by atoms with Crippen LogP contribution in [0.3, 0.4) is 0 Å². The summed E-state index contributed by atoms with van der Waals surface area (Å²) < 4.78 is 4.82. The van der Waals surface area contributed by atoms with Gasteiger partial charge in [0.2, 0.25) is 0 Å². The molecule has 5 nitrogen and oxygen atoms in total. The molecule has 5 heteroatoms. The molecule has 1 atom stereocenters. The van der Waals surface area contributed by atoms with Crippen molar-refractivity contribution in [3.63, 3.8) is 0 Å². The van der Waals surface area contributed by atoms with Crippen LogP contribution >= 0.6 is 0 Å². The van der Waals surface area contributed by atoms with Gasteiger partial charge in [-0.1, -0.05) is 55.0 Å². The summed E-state index contributed by atoms with van der Waals surface area (Å²) in [6, 6.07) is 0. The Hall–Kier alpha value is -1.69. The van der Waals surface area contributed by atoms with Gasteiger partial charge in [-0.2, -0.15) is 0 Å². The number of unbranched alkanes of at least 4 members (excludes halogenated alkanes) is 4. The molecule has 0 radical (unpaired) electrons. The van der Waals surface area contributed by atoms with Crippen molar-refractivity contribution in [1.82, 2.24) is 0 Å². The Kier molecular flexibility index (Phi) is 20.3. The van der Waals surface area contributed by atoms with Gasteiger partial charge in [-0.15, -0.1) is 0 Å². The molecule has 0 aliphatic carbocycles. The van der Waals surface area contributed by atoms with Crippen molar-refractivity contribution in [2.75, 3.05) is 19.8 Å². The van der Waals surface area contributed by atoms with Crippen LogP contribution in [0.15, 0.2) is 48.6 Å². The summed E-state index contributed by atoms with van der Waals surface area (Å²) in [6.07, 6.45) is 25.0. The van der Waals surface area contributed by atoms with Gasteiger partial charge in [-0.05, 0) is 51.4 Å². The van der Waals surface area contributed by atoms with Crippen molar-refractivity contribution >= 4 is 5.97 Å². The standard InChI is InChI=1S/C23H38O5/c24-19-17-15-13-11-9-7-5-3-1-2-4-6-8-10-12-14-16-18-23(27)28-21-22(26)20-25/h1,3-4,6-7,9-10,12,22,24-26H,2,5,8,11,13-21H2/b3-1-,6-4-,9-7-,12-10-/t22-/m0/s1. The van der Waals surface area contributed by atoms with Gasteiger partial charge in [-0.25, -0.2) is 0 Å². The number of carbonyl (C=O) groups excluding carboxylic acids is 1. The van der Waals surface area contributed by atoms with E-state index in [-0.39, 0.29) is 12.6 Å². The van der Waals surface area contributed by atoms with Crippen molar-refractivity contribution in [3.05, 3.63) is 48.6 Å². The van der Waals surface area contributed by atoms with Gasteiger partial charge in [0.15, 0.2) is 0 Å². The lowest BCUT2D eigenvalue weighted by Crippen LogP contribution is -2.21. The smallest absolute Gasteiger partial charge is 0.305 e. The molecule has 0 aliphatic rings. The zero-order valence-corrected chi connectivity index (χ0v) is 17.0. The Morgan fingerprint density at radius 1 is 0.750 bits per heavy atom. The van der Waals surface area contributed by atoms with E-state index in [4.69, 9.17) is 20.1 Å². The van der Waals surface area contributed by atoms with Gasteiger partial charge >= 0.3 is 5.97 Å². The molecule has 0 aromatic heterocycles. The van der Waals surface area contributed by atoms with E-state index in [2.05, 4.69) is 48.6 Å². The second-order valence-electron chi connectivity index (χ2n) is 6.58. The average Bonchev–Trinajstić information content (AvgIpc) is 2.71. The van der Waals surface area contributed by atoms with Crippen LogP contribution in [0.4, 0.5) is 0 Å². The van der Waals surface area contributed by atoms with Crippen LogP contribution in [-0.4, -0.2) is 47.2 Å². The molecule has 0 saturated carbocycles. The fraction of sp³-hybridized carbons (Fsp3) is 0.609. The minimum atomic E-state index is -0.991. The van der Waals surface area contributed by atoms with E-state index in [0.717, 1.165) is 51.4 Å². The number of allylic oxidation sites excluding steroid dienone is 8. The maximum absolute atomic E-state index is 11.4. The molecule has 0 heterocycles. The van der Waals surface area contributed by atoms with Crippen molar-refractivity contribution in [1.29, 1.82) is 0 Å². The maximum Gasteiger partial charge on any atom is 0.305 e. The fourth-order valence-electron chi connectivity index (χ4n) is 2.28. The monoisotopic (exact) mass is 394 g/mol. The van der Waals surface area contributed by atoms with Gasteiger partial charge in [-0.3, -0.25) is 4.79 Å². The summed E-state index contributed by atoms with van der Waals surface area (Å²) in [5.41, 5.74) is 0. The summed E-state index contributed by atoms with van der Waals surface area (Å²) >= 11 is 0. The molecule has 0 bridgehead atoms. The summed E-state index contributed by atoms with van der Waals surface area (Å²) in [6.45, 7) is -0.249. The third-order valence-electron chi connectivity index (χ3n) is 3.91. The van der Waals surface area contributed by atoms with E-state index < -0.39 is 12.7 Å². The Morgan fingerprint density at radius 2 is 1.29 bits per heavy atom. The van der Waals surface area contributed by atoms with Crippen molar-refractivity contribution in [2.45, 2.75) is 70.3 Å². The topological polar surface area (TPSA) is 87.0 Å². The minimum Gasteiger partial charge on any atom is -0.463 e. The van der Waals surface area contributed by atoms with Crippen LogP contribution in [0.1, 0.15) is 64.2 Å². The highest BCUT2D eigenvalue weighted by Gasteiger charge is 2.06. The first-order chi connectivity index (χ1) is 13.7. The van der Waals surface area contributed by atoms with Crippen LogP contribution in [0.5, 0.6) is 0 Å². The minimum absolute atomic E-state index is 0.147. The lowest BCUT2D eigenvalue weighted by Gasteiger charge is -2.07. The maximum atomic E-state index is 11.4.